The smallest absolute Gasteiger partial charge is 0.258 e. The van der Waals surface area contributed by atoms with Crippen molar-refractivity contribution in [2.24, 2.45) is 0 Å². The lowest BCUT2D eigenvalue weighted by molar-refractivity contribution is -0.384. The summed E-state index contributed by atoms with van der Waals surface area (Å²) in [6.07, 6.45) is 0.874. The van der Waals surface area contributed by atoms with Gasteiger partial charge < -0.3 is 0 Å². The monoisotopic (exact) mass is 313 g/mol. The summed E-state index contributed by atoms with van der Waals surface area (Å²) in [5.74, 6) is 0. The van der Waals surface area contributed by atoms with E-state index in [0.717, 1.165) is 6.26 Å². The van der Waals surface area contributed by atoms with Gasteiger partial charge in [-0.3, -0.25) is 14.3 Å². The molecule has 0 heterocycles. The fourth-order valence-corrected chi connectivity index (χ4v) is 2.44. The fourth-order valence-electron chi connectivity index (χ4n) is 1.23. The molecule has 0 aromatic heterocycles. The molecular formula is C9H9Cl2NO5S. The lowest BCUT2D eigenvalue weighted by atomic mass is 10.1. The molecule has 0 bridgehead atoms. The molecule has 0 saturated carbocycles. The van der Waals surface area contributed by atoms with E-state index in [1.54, 1.807) is 0 Å². The maximum atomic E-state index is 10.8. The van der Waals surface area contributed by atoms with Crippen LogP contribution in [0.5, 0.6) is 0 Å². The Morgan fingerprint density at radius 2 is 2.11 bits per heavy atom. The fraction of sp³-hybridized carbons (Fsp3) is 0.333. The molecular weight excluding hydrogens is 305 g/mol. The highest BCUT2D eigenvalue weighted by molar-refractivity contribution is 7.86. The number of benzene rings is 1. The summed E-state index contributed by atoms with van der Waals surface area (Å²) in [6, 6.07) is 4.08. The number of nitro benzene ring substituents is 1. The van der Waals surface area contributed by atoms with Crippen LogP contribution >= 0.6 is 23.2 Å². The highest BCUT2D eigenvalue weighted by Gasteiger charge is 2.17. The Labute approximate surface area is 114 Å². The first-order chi connectivity index (χ1) is 8.19. The van der Waals surface area contributed by atoms with Gasteiger partial charge in [-0.1, -0.05) is 29.3 Å². The quantitative estimate of drug-likeness (QED) is 0.360. The van der Waals surface area contributed by atoms with E-state index in [1.165, 1.54) is 18.2 Å². The summed E-state index contributed by atoms with van der Waals surface area (Å²) >= 11 is 11.3. The number of halogens is 2. The molecule has 0 N–H and O–H groups in total. The molecule has 1 rings (SSSR count). The standard InChI is InChI=1S/C9H9Cl2NO5S/c1-18(15,16)17-9(11)5-6-2-3-7(10)8(4-6)12(13)14/h2-4,9H,5H2,1H3. The van der Waals surface area contributed by atoms with Crippen LogP contribution in [-0.2, 0) is 20.7 Å². The molecule has 100 valence electrons. The predicted molar refractivity (Wildman–Crippen MR) is 67.4 cm³/mol. The van der Waals surface area contributed by atoms with E-state index >= 15 is 0 Å². The Hall–Kier alpha value is -0.890. The van der Waals surface area contributed by atoms with E-state index in [1.807, 2.05) is 0 Å². The number of nitro groups is 1. The van der Waals surface area contributed by atoms with E-state index in [9.17, 15) is 18.5 Å². The molecule has 1 unspecified atom stereocenters. The minimum Gasteiger partial charge on any atom is -0.258 e. The van der Waals surface area contributed by atoms with Crippen LogP contribution in [-0.4, -0.2) is 25.2 Å². The Balaban J connectivity index is 2.86. The van der Waals surface area contributed by atoms with Crippen LogP contribution in [0.15, 0.2) is 18.2 Å². The average Bonchev–Trinajstić information content (AvgIpc) is 2.17. The third-order valence-corrected chi connectivity index (χ3v) is 3.13. The van der Waals surface area contributed by atoms with Crippen LogP contribution in [0.25, 0.3) is 0 Å². The van der Waals surface area contributed by atoms with Gasteiger partial charge in [0.15, 0.2) is 5.56 Å². The third-order valence-electron chi connectivity index (χ3n) is 1.88. The topological polar surface area (TPSA) is 86.5 Å². The van der Waals surface area contributed by atoms with Gasteiger partial charge in [-0.25, -0.2) is 0 Å². The molecule has 1 atom stereocenters. The maximum absolute atomic E-state index is 10.8. The Morgan fingerprint density at radius 3 is 2.61 bits per heavy atom. The maximum Gasteiger partial charge on any atom is 0.288 e. The molecule has 0 amide bonds. The van der Waals surface area contributed by atoms with Crippen LogP contribution in [0.1, 0.15) is 5.56 Å². The SMILES string of the molecule is CS(=O)(=O)OC(Cl)Cc1ccc(Cl)c([N+](=O)[O-])c1. The molecule has 0 aliphatic rings. The van der Waals surface area contributed by atoms with Crippen LogP contribution in [0, 0.1) is 10.1 Å². The molecule has 18 heavy (non-hydrogen) atoms. The van der Waals surface area contributed by atoms with E-state index in [2.05, 4.69) is 4.18 Å². The van der Waals surface area contributed by atoms with Crippen molar-refractivity contribution in [1.29, 1.82) is 0 Å². The molecule has 1 aromatic carbocycles. The van der Waals surface area contributed by atoms with Crippen molar-refractivity contribution < 1.29 is 17.5 Å². The van der Waals surface area contributed by atoms with Crippen molar-refractivity contribution in [3.05, 3.63) is 38.9 Å². The number of rotatable bonds is 5. The average molecular weight is 314 g/mol. The van der Waals surface area contributed by atoms with Gasteiger partial charge in [0.25, 0.3) is 15.8 Å². The zero-order valence-electron chi connectivity index (χ0n) is 9.17. The second kappa shape index (κ2) is 5.83. The normalized spacial score (nSPS) is 13.3. The summed E-state index contributed by atoms with van der Waals surface area (Å²) < 4.78 is 26.2. The summed E-state index contributed by atoms with van der Waals surface area (Å²) in [6.45, 7) is 0. The molecule has 0 spiro atoms. The third kappa shape index (κ3) is 4.77. The lowest BCUT2D eigenvalue weighted by Gasteiger charge is -2.09. The van der Waals surface area contributed by atoms with Crippen molar-refractivity contribution in [2.75, 3.05) is 6.26 Å². The van der Waals surface area contributed by atoms with Gasteiger partial charge in [-0.05, 0) is 11.6 Å². The lowest BCUT2D eigenvalue weighted by Crippen LogP contribution is -2.14. The zero-order valence-corrected chi connectivity index (χ0v) is 11.5. The Bertz CT molecular complexity index is 560. The zero-order chi connectivity index (χ0) is 13.9. The Kier molecular flexibility index (Phi) is 4.92. The van der Waals surface area contributed by atoms with Crippen molar-refractivity contribution in [3.8, 4) is 0 Å². The number of hydrogen-bond donors (Lipinski definition) is 0. The van der Waals surface area contributed by atoms with Crippen molar-refractivity contribution in [2.45, 2.75) is 12.0 Å². The van der Waals surface area contributed by atoms with Crippen LogP contribution in [0.2, 0.25) is 5.02 Å². The van der Waals surface area contributed by atoms with E-state index in [0.29, 0.717) is 5.56 Å². The second-order valence-electron chi connectivity index (χ2n) is 3.46. The number of alkyl halides is 1. The van der Waals surface area contributed by atoms with Gasteiger partial charge in [0.1, 0.15) is 5.02 Å². The van der Waals surface area contributed by atoms with Crippen LogP contribution in [0.4, 0.5) is 5.69 Å². The minimum atomic E-state index is -3.67. The summed E-state index contributed by atoms with van der Waals surface area (Å²) in [5, 5.41) is 10.6. The van der Waals surface area contributed by atoms with Crippen LogP contribution in [0.3, 0.4) is 0 Å². The number of nitrogens with zero attached hydrogens (tertiary/aromatic N) is 1. The highest BCUT2D eigenvalue weighted by Crippen LogP contribution is 2.26. The van der Waals surface area contributed by atoms with Gasteiger partial charge in [-0.2, -0.15) is 8.42 Å². The predicted octanol–water partition coefficient (Wildman–Crippen LogP) is 2.33. The molecule has 0 aliphatic carbocycles. The first-order valence-electron chi connectivity index (χ1n) is 4.64. The largest absolute Gasteiger partial charge is 0.288 e. The molecule has 0 fully saturated rings. The molecule has 9 heteroatoms. The van der Waals surface area contributed by atoms with Gasteiger partial charge in [0.2, 0.25) is 0 Å². The van der Waals surface area contributed by atoms with Crippen molar-refractivity contribution in [1.82, 2.24) is 0 Å². The highest BCUT2D eigenvalue weighted by atomic mass is 35.5. The molecule has 1 aromatic rings. The van der Waals surface area contributed by atoms with E-state index in [4.69, 9.17) is 23.2 Å². The molecule has 0 saturated heterocycles. The second-order valence-corrected chi connectivity index (χ2v) is 5.95. The first-order valence-corrected chi connectivity index (χ1v) is 7.27. The Morgan fingerprint density at radius 1 is 1.50 bits per heavy atom. The molecule has 0 aliphatic heterocycles. The van der Waals surface area contributed by atoms with Crippen LogP contribution < -0.4 is 0 Å². The molecule has 6 nitrogen and oxygen atoms in total. The number of hydrogen-bond acceptors (Lipinski definition) is 5. The van der Waals surface area contributed by atoms with Crippen molar-refractivity contribution in [3.63, 3.8) is 0 Å². The van der Waals surface area contributed by atoms with Gasteiger partial charge in [-0.15, -0.1) is 0 Å². The van der Waals surface area contributed by atoms with E-state index in [-0.39, 0.29) is 17.1 Å². The summed E-state index contributed by atoms with van der Waals surface area (Å²) in [4.78, 5) is 10.0. The minimum absolute atomic E-state index is 0.00101. The first kappa shape index (κ1) is 15.2. The van der Waals surface area contributed by atoms with Gasteiger partial charge in [0.05, 0.1) is 11.2 Å². The molecule has 0 radical (unpaired) electrons. The summed E-state index contributed by atoms with van der Waals surface area (Å²) in [5.41, 5.74) is -0.937. The van der Waals surface area contributed by atoms with Gasteiger partial charge in [0, 0.05) is 12.5 Å². The van der Waals surface area contributed by atoms with Gasteiger partial charge >= 0.3 is 0 Å². The summed E-state index contributed by atoms with van der Waals surface area (Å²) in [7, 11) is -3.67. The van der Waals surface area contributed by atoms with Crippen molar-refractivity contribution >= 4 is 39.0 Å². The van der Waals surface area contributed by atoms with E-state index < -0.39 is 20.6 Å².